The monoisotopic (exact) mass is 275 g/mol. The predicted molar refractivity (Wildman–Crippen MR) is 80.7 cm³/mol. The maximum atomic E-state index is 5.74. The molecule has 0 amide bonds. The molecule has 1 saturated carbocycles. The van der Waals surface area contributed by atoms with E-state index < -0.39 is 0 Å². The van der Waals surface area contributed by atoms with Gasteiger partial charge in [-0.05, 0) is 43.0 Å². The highest BCUT2D eigenvalue weighted by molar-refractivity contribution is 5.48. The van der Waals surface area contributed by atoms with E-state index in [4.69, 9.17) is 9.47 Å². The van der Waals surface area contributed by atoms with Gasteiger partial charge in [0.15, 0.2) is 11.5 Å². The molecule has 1 fully saturated rings. The Balaban J connectivity index is 1.81. The Bertz CT molecular complexity index is 474. The summed E-state index contributed by atoms with van der Waals surface area (Å²) in [6.45, 7) is 8.02. The van der Waals surface area contributed by atoms with Crippen LogP contribution in [0.15, 0.2) is 18.2 Å². The fraction of sp³-hybridized carbons (Fsp3) is 0.647. The third kappa shape index (κ3) is 2.39. The Morgan fingerprint density at radius 2 is 2.00 bits per heavy atom. The lowest BCUT2D eigenvalue weighted by molar-refractivity contribution is 0.171. The Morgan fingerprint density at radius 1 is 1.20 bits per heavy atom. The zero-order chi connectivity index (χ0) is 14.0. The standard InChI is InChI=1S/C17H25NO2/c1-3-7-18-12-17(11-13(17)4-2)14-5-6-15-16(10-14)20-9-8-19-15/h5-6,10,13,18H,3-4,7-9,11-12H2,1-2H3. The van der Waals surface area contributed by atoms with Crippen molar-refractivity contribution in [2.24, 2.45) is 5.92 Å². The second-order valence-corrected chi connectivity index (χ2v) is 6.00. The quantitative estimate of drug-likeness (QED) is 0.809. The first-order valence-electron chi connectivity index (χ1n) is 7.91. The second-order valence-electron chi connectivity index (χ2n) is 6.00. The van der Waals surface area contributed by atoms with Gasteiger partial charge in [0.1, 0.15) is 13.2 Å². The number of ether oxygens (including phenoxy) is 2. The zero-order valence-corrected chi connectivity index (χ0v) is 12.6. The minimum atomic E-state index is 0.319. The van der Waals surface area contributed by atoms with Crippen molar-refractivity contribution in [2.75, 3.05) is 26.3 Å². The lowest BCUT2D eigenvalue weighted by atomic mass is 9.91. The van der Waals surface area contributed by atoms with Crippen LogP contribution in [0.1, 0.15) is 38.7 Å². The summed E-state index contributed by atoms with van der Waals surface area (Å²) in [5, 5.41) is 3.61. The van der Waals surface area contributed by atoms with Crippen LogP contribution in [0, 0.1) is 5.92 Å². The van der Waals surface area contributed by atoms with Crippen LogP contribution < -0.4 is 14.8 Å². The van der Waals surface area contributed by atoms with Crippen LogP contribution in [0.4, 0.5) is 0 Å². The van der Waals surface area contributed by atoms with Crippen LogP contribution in [0.25, 0.3) is 0 Å². The SMILES string of the molecule is CCCNCC1(c2ccc3c(c2)OCCO3)CC1CC. The number of hydrogen-bond donors (Lipinski definition) is 1. The van der Waals surface area contributed by atoms with Gasteiger partial charge >= 0.3 is 0 Å². The fourth-order valence-electron chi connectivity index (χ4n) is 3.43. The molecule has 0 saturated heterocycles. The molecule has 0 bridgehead atoms. The first-order chi connectivity index (χ1) is 9.80. The lowest BCUT2D eigenvalue weighted by Crippen LogP contribution is -2.29. The molecule has 1 aromatic rings. The molecule has 0 radical (unpaired) electrons. The molecule has 1 aromatic carbocycles. The molecule has 0 aromatic heterocycles. The highest BCUT2D eigenvalue weighted by Gasteiger charge is 2.53. The summed E-state index contributed by atoms with van der Waals surface area (Å²) in [6.07, 6.45) is 3.73. The molecule has 20 heavy (non-hydrogen) atoms. The van der Waals surface area contributed by atoms with Gasteiger partial charge in [-0.1, -0.05) is 26.3 Å². The van der Waals surface area contributed by atoms with Gasteiger partial charge in [0, 0.05) is 12.0 Å². The van der Waals surface area contributed by atoms with Crippen molar-refractivity contribution < 1.29 is 9.47 Å². The molecule has 110 valence electrons. The van der Waals surface area contributed by atoms with Crippen molar-refractivity contribution in [3.8, 4) is 11.5 Å². The van der Waals surface area contributed by atoms with Crippen LogP contribution in [0.2, 0.25) is 0 Å². The first-order valence-corrected chi connectivity index (χ1v) is 7.91. The van der Waals surface area contributed by atoms with Gasteiger partial charge in [-0.2, -0.15) is 0 Å². The van der Waals surface area contributed by atoms with Gasteiger partial charge in [0.05, 0.1) is 0 Å². The second kappa shape index (κ2) is 5.65. The fourth-order valence-corrected chi connectivity index (χ4v) is 3.43. The van der Waals surface area contributed by atoms with Gasteiger partial charge in [0.25, 0.3) is 0 Å². The first kappa shape index (κ1) is 13.7. The molecule has 2 atom stereocenters. The molecule has 2 unspecified atom stereocenters. The Kier molecular flexibility index (Phi) is 3.88. The third-order valence-corrected chi connectivity index (χ3v) is 4.71. The van der Waals surface area contributed by atoms with Gasteiger partial charge in [-0.15, -0.1) is 0 Å². The van der Waals surface area contributed by atoms with Crippen LogP contribution in [0.3, 0.4) is 0 Å². The van der Waals surface area contributed by atoms with Crippen molar-refractivity contribution in [1.29, 1.82) is 0 Å². The van der Waals surface area contributed by atoms with Gasteiger partial charge in [0.2, 0.25) is 0 Å². The van der Waals surface area contributed by atoms with Crippen LogP contribution in [-0.4, -0.2) is 26.3 Å². The minimum absolute atomic E-state index is 0.319. The molecule has 1 N–H and O–H groups in total. The highest BCUT2D eigenvalue weighted by Crippen LogP contribution is 2.56. The summed E-state index contributed by atoms with van der Waals surface area (Å²) in [4.78, 5) is 0. The molecule has 3 heteroatoms. The maximum absolute atomic E-state index is 5.74. The Morgan fingerprint density at radius 3 is 2.70 bits per heavy atom. The average Bonchev–Trinajstić information content (AvgIpc) is 3.22. The van der Waals surface area contributed by atoms with E-state index in [2.05, 4.69) is 37.4 Å². The normalized spacial score (nSPS) is 27.4. The highest BCUT2D eigenvalue weighted by atomic mass is 16.6. The molecule has 2 aliphatic rings. The largest absolute Gasteiger partial charge is 0.486 e. The molecule has 0 spiro atoms. The number of rotatable bonds is 6. The van der Waals surface area contributed by atoms with E-state index in [1.807, 2.05) is 0 Å². The molecular formula is C17H25NO2. The van der Waals surface area contributed by atoms with E-state index in [1.165, 1.54) is 24.8 Å². The summed E-state index contributed by atoms with van der Waals surface area (Å²) >= 11 is 0. The summed E-state index contributed by atoms with van der Waals surface area (Å²) in [7, 11) is 0. The van der Waals surface area contributed by atoms with Crippen LogP contribution in [-0.2, 0) is 5.41 Å². The van der Waals surface area contributed by atoms with Crippen molar-refractivity contribution in [3.63, 3.8) is 0 Å². The summed E-state index contributed by atoms with van der Waals surface area (Å²) in [5.41, 5.74) is 1.73. The van der Waals surface area contributed by atoms with E-state index in [9.17, 15) is 0 Å². The van der Waals surface area contributed by atoms with E-state index in [0.717, 1.165) is 30.5 Å². The van der Waals surface area contributed by atoms with E-state index in [0.29, 0.717) is 18.6 Å². The number of fused-ring (bicyclic) bond motifs is 1. The Labute approximate surface area is 121 Å². The minimum Gasteiger partial charge on any atom is -0.486 e. The molecule has 3 rings (SSSR count). The van der Waals surface area contributed by atoms with Crippen molar-refractivity contribution >= 4 is 0 Å². The van der Waals surface area contributed by atoms with Gasteiger partial charge in [-0.25, -0.2) is 0 Å². The van der Waals surface area contributed by atoms with E-state index >= 15 is 0 Å². The summed E-state index contributed by atoms with van der Waals surface area (Å²) in [6, 6.07) is 6.52. The molecule has 1 aliphatic carbocycles. The van der Waals surface area contributed by atoms with Crippen molar-refractivity contribution in [2.45, 2.75) is 38.5 Å². The number of benzene rings is 1. The van der Waals surface area contributed by atoms with Crippen molar-refractivity contribution in [1.82, 2.24) is 5.32 Å². The average molecular weight is 275 g/mol. The Hall–Kier alpha value is -1.22. The van der Waals surface area contributed by atoms with Crippen LogP contribution in [0.5, 0.6) is 11.5 Å². The molecule has 3 nitrogen and oxygen atoms in total. The number of hydrogen-bond acceptors (Lipinski definition) is 3. The summed E-state index contributed by atoms with van der Waals surface area (Å²) < 4.78 is 11.4. The molecule has 1 heterocycles. The van der Waals surface area contributed by atoms with Gasteiger partial charge < -0.3 is 14.8 Å². The van der Waals surface area contributed by atoms with E-state index in [-0.39, 0.29) is 0 Å². The van der Waals surface area contributed by atoms with Gasteiger partial charge in [-0.3, -0.25) is 0 Å². The topological polar surface area (TPSA) is 30.5 Å². The van der Waals surface area contributed by atoms with Crippen molar-refractivity contribution in [3.05, 3.63) is 23.8 Å². The zero-order valence-electron chi connectivity index (χ0n) is 12.6. The predicted octanol–water partition coefficient (Wildman–Crippen LogP) is 3.13. The third-order valence-electron chi connectivity index (χ3n) is 4.71. The number of nitrogens with one attached hydrogen (secondary N) is 1. The van der Waals surface area contributed by atoms with Crippen LogP contribution >= 0.6 is 0 Å². The maximum Gasteiger partial charge on any atom is 0.161 e. The smallest absolute Gasteiger partial charge is 0.161 e. The summed E-state index contributed by atoms with van der Waals surface area (Å²) in [5.74, 6) is 2.62. The van der Waals surface area contributed by atoms with E-state index in [1.54, 1.807) is 0 Å². The lowest BCUT2D eigenvalue weighted by Gasteiger charge is -2.23. The molecular weight excluding hydrogens is 250 g/mol. The molecule has 1 aliphatic heterocycles.